The first-order chi connectivity index (χ1) is 13.0. The first kappa shape index (κ1) is 19.2. The van der Waals surface area contributed by atoms with Gasteiger partial charge in [0, 0.05) is 25.0 Å². The molecule has 1 aromatic carbocycles. The number of ether oxygens (including phenoxy) is 1. The molecule has 27 heavy (non-hydrogen) atoms. The number of nitrogens with two attached hydrogens (primary N) is 1. The molecule has 0 atom stereocenters. The van der Waals surface area contributed by atoms with Crippen LogP contribution in [0.4, 0.5) is 4.79 Å². The van der Waals surface area contributed by atoms with E-state index in [1.807, 2.05) is 30.3 Å². The molecule has 3 amide bonds. The standard InChI is InChI=1S/C19H26N4O4/c20-18(25)15-6-8-22(9-7-15)16-11-23(12-16)17(24)10-21-19(26)27-13-14-4-2-1-3-5-14/h1-5,15-16H,6-13H2,(H2,20,25)(H,21,26). The summed E-state index contributed by atoms with van der Waals surface area (Å²) in [4.78, 5) is 39.1. The topological polar surface area (TPSA) is 105 Å². The van der Waals surface area contributed by atoms with Crippen LogP contribution >= 0.6 is 0 Å². The average Bonchev–Trinajstić information content (AvgIpc) is 2.65. The predicted octanol–water partition coefficient (Wildman–Crippen LogP) is 0.321. The smallest absolute Gasteiger partial charge is 0.407 e. The Balaban J connectivity index is 1.30. The van der Waals surface area contributed by atoms with Crippen LogP contribution in [0.15, 0.2) is 30.3 Å². The highest BCUT2D eigenvalue weighted by Crippen LogP contribution is 2.23. The lowest BCUT2D eigenvalue weighted by atomic mass is 9.94. The van der Waals surface area contributed by atoms with Gasteiger partial charge in [0.2, 0.25) is 11.8 Å². The molecular formula is C19H26N4O4. The molecule has 3 N–H and O–H groups in total. The molecule has 3 rings (SSSR count). The number of hydrogen-bond donors (Lipinski definition) is 2. The molecule has 0 spiro atoms. The Morgan fingerprint density at radius 2 is 1.78 bits per heavy atom. The Hall–Kier alpha value is -2.61. The van der Waals surface area contributed by atoms with Gasteiger partial charge in [-0.25, -0.2) is 4.79 Å². The number of piperidine rings is 1. The summed E-state index contributed by atoms with van der Waals surface area (Å²) >= 11 is 0. The van der Waals surface area contributed by atoms with Gasteiger partial charge in [-0.1, -0.05) is 30.3 Å². The van der Waals surface area contributed by atoms with Gasteiger partial charge in [-0.3, -0.25) is 14.5 Å². The van der Waals surface area contributed by atoms with Crippen molar-refractivity contribution < 1.29 is 19.1 Å². The SMILES string of the molecule is NC(=O)C1CCN(C2CN(C(=O)CNC(=O)OCc3ccccc3)C2)CC1. The van der Waals surface area contributed by atoms with Crippen molar-refractivity contribution in [2.24, 2.45) is 11.7 Å². The van der Waals surface area contributed by atoms with E-state index in [1.54, 1.807) is 4.90 Å². The number of rotatable bonds is 6. The maximum absolute atomic E-state index is 12.1. The van der Waals surface area contributed by atoms with Gasteiger partial charge in [-0.15, -0.1) is 0 Å². The molecule has 0 aromatic heterocycles. The van der Waals surface area contributed by atoms with Gasteiger partial charge >= 0.3 is 6.09 Å². The van der Waals surface area contributed by atoms with Crippen LogP contribution in [0.2, 0.25) is 0 Å². The van der Waals surface area contributed by atoms with Crippen LogP contribution in [0.1, 0.15) is 18.4 Å². The van der Waals surface area contributed by atoms with E-state index in [0.29, 0.717) is 19.1 Å². The molecule has 0 bridgehead atoms. The highest BCUT2D eigenvalue weighted by molar-refractivity contribution is 5.83. The molecule has 146 valence electrons. The maximum atomic E-state index is 12.1. The normalized spacial score (nSPS) is 18.6. The van der Waals surface area contributed by atoms with Crippen molar-refractivity contribution in [3.05, 3.63) is 35.9 Å². The Labute approximate surface area is 158 Å². The zero-order valence-electron chi connectivity index (χ0n) is 15.3. The third-order valence-corrected chi connectivity index (χ3v) is 5.26. The van der Waals surface area contributed by atoms with Crippen molar-refractivity contribution in [1.82, 2.24) is 15.1 Å². The minimum atomic E-state index is -0.599. The quantitative estimate of drug-likeness (QED) is 0.746. The van der Waals surface area contributed by atoms with Gasteiger partial charge in [0.15, 0.2) is 0 Å². The van der Waals surface area contributed by atoms with E-state index in [9.17, 15) is 14.4 Å². The third kappa shape index (κ3) is 5.19. The van der Waals surface area contributed by atoms with Crippen molar-refractivity contribution in [3.63, 3.8) is 0 Å². The van der Waals surface area contributed by atoms with Gasteiger partial charge in [-0.2, -0.15) is 0 Å². The molecule has 8 heteroatoms. The molecule has 2 heterocycles. The zero-order chi connectivity index (χ0) is 19.2. The average molecular weight is 374 g/mol. The summed E-state index contributed by atoms with van der Waals surface area (Å²) in [5.74, 6) is -0.356. The van der Waals surface area contributed by atoms with E-state index in [2.05, 4.69) is 10.2 Å². The van der Waals surface area contributed by atoms with Crippen molar-refractivity contribution in [2.75, 3.05) is 32.7 Å². The Kier molecular flexibility index (Phi) is 6.28. The first-order valence-electron chi connectivity index (χ1n) is 9.28. The van der Waals surface area contributed by atoms with Crippen molar-refractivity contribution in [2.45, 2.75) is 25.5 Å². The van der Waals surface area contributed by atoms with Gasteiger partial charge in [0.25, 0.3) is 0 Å². The Bertz CT molecular complexity index is 668. The van der Waals surface area contributed by atoms with E-state index in [-0.39, 0.29) is 30.9 Å². The van der Waals surface area contributed by atoms with Gasteiger partial charge in [0.05, 0.1) is 0 Å². The third-order valence-electron chi connectivity index (χ3n) is 5.26. The molecule has 0 aliphatic carbocycles. The van der Waals surface area contributed by atoms with E-state index in [1.165, 1.54) is 0 Å². The molecule has 2 fully saturated rings. The number of benzene rings is 1. The van der Waals surface area contributed by atoms with Crippen LogP contribution in [0.25, 0.3) is 0 Å². The van der Waals surface area contributed by atoms with Crippen LogP contribution in [-0.2, 0) is 20.9 Å². The Morgan fingerprint density at radius 3 is 2.41 bits per heavy atom. The summed E-state index contributed by atoms with van der Waals surface area (Å²) in [5.41, 5.74) is 6.25. The molecule has 0 radical (unpaired) electrons. The maximum Gasteiger partial charge on any atom is 0.407 e. The lowest BCUT2D eigenvalue weighted by molar-refractivity contribution is -0.138. The lowest BCUT2D eigenvalue weighted by Crippen LogP contribution is -2.63. The first-order valence-corrected chi connectivity index (χ1v) is 9.28. The number of nitrogens with zero attached hydrogens (tertiary/aromatic N) is 2. The fourth-order valence-corrected chi connectivity index (χ4v) is 3.47. The summed E-state index contributed by atoms with van der Waals surface area (Å²) in [6.07, 6.45) is 0.973. The van der Waals surface area contributed by atoms with Gasteiger partial charge < -0.3 is 20.7 Å². The number of alkyl carbamates (subject to hydrolysis) is 1. The second-order valence-electron chi connectivity index (χ2n) is 7.08. The van der Waals surface area contributed by atoms with Crippen LogP contribution < -0.4 is 11.1 Å². The molecule has 2 aliphatic rings. The van der Waals surface area contributed by atoms with E-state index in [0.717, 1.165) is 31.5 Å². The molecular weight excluding hydrogens is 348 g/mol. The highest BCUT2D eigenvalue weighted by atomic mass is 16.5. The van der Waals surface area contributed by atoms with Crippen LogP contribution in [-0.4, -0.2) is 66.5 Å². The number of likely N-dealkylation sites (tertiary alicyclic amines) is 2. The molecule has 1 aromatic rings. The molecule has 0 unspecified atom stereocenters. The van der Waals surface area contributed by atoms with Crippen molar-refractivity contribution >= 4 is 17.9 Å². The number of nitrogens with one attached hydrogen (secondary N) is 1. The molecule has 2 aliphatic heterocycles. The predicted molar refractivity (Wildman–Crippen MR) is 98.5 cm³/mol. The van der Waals surface area contributed by atoms with Crippen LogP contribution in [0, 0.1) is 5.92 Å². The van der Waals surface area contributed by atoms with E-state index in [4.69, 9.17) is 10.5 Å². The summed E-state index contributed by atoms with van der Waals surface area (Å²) < 4.78 is 5.09. The zero-order valence-corrected chi connectivity index (χ0v) is 15.3. The van der Waals surface area contributed by atoms with E-state index >= 15 is 0 Å². The summed E-state index contributed by atoms with van der Waals surface area (Å²) in [7, 11) is 0. The number of hydrogen-bond acceptors (Lipinski definition) is 5. The molecule has 8 nitrogen and oxygen atoms in total. The molecule has 0 saturated carbocycles. The number of amides is 3. The minimum Gasteiger partial charge on any atom is -0.445 e. The Morgan fingerprint density at radius 1 is 1.11 bits per heavy atom. The summed E-state index contributed by atoms with van der Waals surface area (Å²) in [6, 6.07) is 9.69. The fourth-order valence-electron chi connectivity index (χ4n) is 3.47. The lowest BCUT2D eigenvalue weighted by Gasteiger charge is -2.47. The van der Waals surface area contributed by atoms with Gasteiger partial charge in [-0.05, 0) is 31.5 Å². The monoisotopic (exact) mass is 374 g/mol. The second-order valence-corrected chi connectivity index (χ2v) is 7.08. The number of primary amides is 1. The minimum absolute atomic E-state index is 0.0230. The summed E-state index contributed by atoms with van der Waals surface area (Å²) in [6.45, 7) is 3.09. The number of carbonyl (C=O) groups excluding carboxylic acids is 3. The summed E-state index contributed by atoms with van der Waals surface area (Å²) in [5, 5.41) is 2.50. The second kappa shape index (κ2) is 8.85. The van der Waals surface area contributed by atoms with Crippen molar-refractivity contribution in [1.29, 1.82) is 0 Å². The van der Waals surface area contributed by atoms with Crippen molar-refractivity contribution in [3.8, 4) is 0 Å². The highest BCUT2D eigenvalue weighted by Gasteiger charge is 2.36. The molecule has 2 saturated heterocycles. The number of carbonyl (C=O) groups is 3. The van der Waals surface area contributed by atoms with Crippen LogP contribution in [0.5, 0.6) is 0 Å². The van der Waals surface area contributed by atoms with Gasteiger partial charge in [0.1, 0.15) is 13.2 Å². The van der Waals surface area contributed by atoms with Crippen LogP contribution in [0.3, 0.4) is 0 Å². The van der Waals surface area contributed by atoms with E-state index < -0.39 is 6.09 Å². The largest absolute Gasteiger partial charge is 0.445 e. The fraction of sp³-hybridized carbons (Fsp3) is 0.526.